The number of nitrogens with one attached hydrogen (secondary N) is 2. The van der Waals surface area contributed by atoms with E-state index in [9.17, 15) is 9.50 Å². The molecule has 1 fully saturated rings. The van der Waals surface area contributed by atoms with Crippen LogP contribution in [0.5, 0.6) is 0 Å². The van der Waals surface area contributed by atoms with E-state index < -0.39 is 11.9 Å². The molecule has 3 rings (SSSR count). The SMILES string of the molecule is CC(C)Nc1nc(NC2CCOCC2)nc(C2=C(F)C(O)CCC2)n1. The summed E-state index contributed by atoms with van der Waals surface area (Å²) in [4.78, 5) is 13.2. The van der Waals surface area contributed by atoms with Crippen molar-refractivity contribution in [3.63, 3.8) is 0 Å². The number of allylic oxidation sites excluding steroid dienone is 1. The summed E-state index contributed by atoms with van der Waals surface area (Å²) in [5.74, 6) is 0.615. The van der Waals surface area contributed by atoms with E-state index in [1.165, 1.54) is 0 Å². The van der Waals surface area contributed by atoms with Crippen LogP contribution in [0.2, 0.25) is 0 Å². The Hall–Kier alpha value is -1.80. The van der Waals surface area contributed by atoms with E-state index in [1.807, 2.05) is 13.8 Å². The van der Waals surface area contributed by atoms with Crippen LogP contribution < -0.4 is 10.6 Å². The summed E-state index contributed by atoms with van der Waals surface area (Å²) in [6.07, 6.45) is 2.36. The first kappa shape index (κ1) is 18.0. The summed E-state index contributed by atoms with van der Waals surface area (Å²) in [5, 5.41) is 16.3. The molecular formula is C17H26FN5O2. The van der Waals surface area contributed by atoms with Crippen LogP contribution in [-0.2, 0) is 4.74 Å². The molecule has 1 unspecified atom stereocenters. The Bertz CT molecular complexity index is 631. The molecule has 0 amide bonds. The molecule has 8 heteroatoms. The molecule has 2 heterocycles. The molecule has 1 aromatic heterocycles. The minimum Gasteiger partial charge on any atom is -0.386 e. The van der Waals surface area contributed by atoms with Crippen LogP contribution in [0.4, 0.5) is 16.3 Å². The predicted octanol–water partition coefficient (Wildman–Crippen LogP) is 2.51. The highest BCUT2D eigenvalue weighted by Gasteiger charge is 2.25. The number of rotatable bonds is 5. The molecule has 0 radical (unpaired) electrons. The van der Waals surface area contributed by atoms with Crippen molar-refractivity contribution in [1.82, 2.24) is 15.0 Å². The van der Waals surface area contributed by atoms with E-state index >= 15 is 0 Å². The summed E-state index contributed by atoms with van der Waals surface area (Å²) in [7, 11) is 0. The summed E-state index contributed by atoms with van der Waals surface area (Å²) < 4.78 is 19.8. The first-order valence-electron chi connectivity index (χ1n) is 8.97. The van der Waals surface area contributed by atoms with Crippen molar-refractivity contribution in [3.05, 3.63) is 11.7 Å². The van der Waals surface area contributed by atoms with Gasteiger partial charge in [0.1, 0.15) is 11.9 Å². The minimum absolute atomic E-state index is 0.141. The standard InChI is InChI=1S/C17H26FN5O2/c1-10(2)19-16-21-15(12-4-3-5-13(24)14(12)18)22-17(23-16)20-11-6-8-25-9-7-11/h10-11,13,24H,3-9H2,1-2H3,(H2,19,20,21,22,23). The van der Waals surface area contributed by atoms with E-state index in [-0.39, 0.29) is 12.1 Å². The fourth-order valence-corrected chi connectivity index (χ4v) is 3.06. The predicted molar refractivity (Wildman–Crippen MR) is 93.9 cm³/mol. The molecule has 0 bridgehead atoms. The third-order valence-electron chi connectivity index (χ3n) is 4.36. The Kier molecular flexibility index (Phi) is 5.80. The molecular weight excluding hydrogens is 325 g/mol. The van der Waals surface area contributed by atoms with Gasteiger partial charge < -0.3 is 20.5 Å². The van der Waals surface area contributed by atoms with Crippen molar-refractivity contribution < 1.29 is 14.2 Å². The number of aliphatic hydroxyl groups is 1. The van der Waals surface area contributed by atoms with Crippen molar-refractivity contribution >= 4 is 17.5 Å². The van der Waals surface area contributed by atoms with Gasteiger partial charge in [0.15, 0.2) is 5.82 Å². The summed E-state index contributed by atoms with van der Waals surface area (Å²) in [6.45, 7) is 5.38. The van der Waals surface area contributed by atoms with Gasteiger partial charge in [0.25, 0.3) is 0 Å². The normalized spacial score (nSPS) is 22.4. The van der Waals surface area contributed by atoms with Gasteiger partial charge in [-0.05, 0) is 46.0 Å². The molecule has 0 spiro atoms. The highest BCUT2D eigenvalue weighted by Crippen LogP contribution is 2.32. The second-order valence-corrected chi connectivity index (χ2v) is 6.87. The van der Waals surface area contributed by atoms with Crippen LogP contribution in [-0.4, -0.2) is 51.5 Å². The average molecular weight is 351 g/mol. The van der Waals surface area contributed by atoms with Gasteiger partial charge >= 0.3 is 0 Å². The van der Waals surface area contributed by atoms with Gasteiger partial charge in [-0.25, -0.2) is 4.39 Å². The van der Waals surface area contributed by atoms with Gasteiger partial charge in [-0.2, -0.15) is 15.0 Å². The van der Waals surface area contributed by atoms with Crippen molar-refractivity contribution in [2.75, 3.05) is 23.8 Å². The monoisotopic (exact) mass is 351 g/mol. The minimum atomic E-state index is -1.06. The number of halogens is 1. The van der Waals surface area contributed by atoms with Crippen molar-refractivity contribution in [1.29, 1.82) is 0 Å². The molecule has 1 atom stereocenters. The number of aromatic nitrogens is 3. The maximum absolute atomic E-state index is 14.4. The Balaban J connectivity index is 1.90. The fraction of sp³-hybridized carbons (Fsp3) is 0.706. The van der Waals surface area contributed by atoms with Crippen LogP contribution in [0.1, 0.15) is 51.8 Å². The summed E-state index contributed by atoms with van der Waals surface area (Å²) in [6, 6.07) is 0.369. The van der Waals surface area contributed by atoms with Crippen molar-refractivity contribution in [3.8, 4) is 0 Å². The second-order valence-electron chi connectivity index (χ2n) is 6.87. The number of hydrogen-bond acceptors (Lipinski definition) is 7. The first-order chi connectivity index (χ1) is 12.0. The van der Waals surface area contributed by atoms with E-state index in [4.69, 9.17) is 4.74 Å². The average Bonchev–Trinajstić information content (AvgIpc) is 2.57. The zero-order valence-corrected chi connectivity index (χ0v) is 14.8. The molecule has 3 N–H and O–H groups in total. The van der Waals surface area contributed by atoms with Crippen LogP contribution >= 0.6 is 0 Å². The Morgan fingerprint density at radius 1 is 1.12 bits per heavy atom. The summed E-state index contributed by atoms with van der Waals surface area (Å²) >= 11 is 0. The second kappa shape index (κ2) is 8.05. The van der Waals surface area contributed by atoms with Gasteiger partial charge in [0.2, 0.25) is 11.9 Å². The van der Waals surface area contributed by atoms with Crippen LogP contribution in [0, 0.1) is 0 Å². The van der Waals surface area contributed by atoms with E-state index in [1.54, 1.807) is 0 Å². The lowest BCUT2D eigenvalue weighted by molar-refractivity contribution is 0.0903. The number of ether oxygens (including phenoxy) is 1. The number of nitrogens with zero attached hydrogens (tertiary/aromatic N) is 3. The molecule has 2 aliphatic rings. The van der Waals surface area contributed by atoms with Gasteiger partial charge in [0, 0.05) is 30.9 Å². The smallest absolute Gasteiger partial charge is 0.228 e. The van der Waals surface area contributed by atoms with E-state index in [2.05, 4.69) is 25.6 Å². The highest BCUT2D eigenvalue weighted by molar-refractivity contribution is 5.65. The van der Waals surface area contributed by atoms with Crippen LogP contribution in [0.3, 0.4) is 0 Å². The highest BCUT2D eigenvalue weighted by atomic mass is 19.1. The molecule has 0 saturated carbocycles. The number of hydrogen-bond donors (Lipinski definition) is 3. The van der Waals surface area contributed by atoms with Gasteiger partial charge in [-0.1, -0.05) is 0 Å². The molecule has 7 nitrogen and oxygen atoms in total. The fourth-order valence-electron chi connectivity index (χ4n) is 3.06. The quantitative estimate of drug-likeness (QED) is 0.750. The molecule has 138 valence electrons. The largest absolute Gasteiger partial charge is 0.386 e. The summed E-state index contributed by atoms with van der Waals surface area (Å²) in [5.41, 5.74) is 0.378. The maximum atomic E-state index is 14.4. The Morgan fingerprint density at radius 2 is 1.84 bits per heavy atom. The van der Waals surface area contributed by atoms with Crippen LogP contribution in [0.25, 0.3) is 5.57 Å². The molecule has 1 saturated heterocycles. The molecule has 1 aliphatic heterocycles. The maximum Gasteiger partial charge on any atom is 0.228 e. The van der Waals surface area contributed by atoms with Gasteiger partial charge in [0.05, 0.1) is 0 Å². The molecule has 25 heavy (non-hydrogen) atoms. The molecule has 1 aliphatic carbocycles. The molecule has 1 aromatic rings. The Labute approximate surface area is 147 Å². The zero-order valence-electron chi connectivity index (χ0n) is 14.8. The van der Waals surface area contributed by atoms with Crippen molar-refractivity contribution in [2.24, 2.45) is 0 Å². The zero-order chi connectivity index (χ0) is 17.8. The third-order valence-corrected chi connectivity index (χ3v) is 4.36. The third kappa shape index (κ3) is 4.64. The number of aliphatic hydroxyl groups excluding tert-OH is 1. The molecule has 0 aromatic carbocycles. The number of anilines is 2. The van der Waals surface area contributed by atoms with Gasteiger partial charge in [-0.15, -0.1) is 0 Å². The van der Waals surface area contributed by atoms with Crippen molar-refractivity contribution in [2.45, 2.75) is 64.1 Å². The van der Waals surface area contributed by atoms with E-state index in [0.717, 1.165) is 12.8 Å². The lowest BCUT2D eigenvalue weighted by Crippen LogP contribution is -2.29. The lowest BCUT2D eigenvalue weighted by Gasteiger charge is -2.24. The van der Waals surface area contributed by atoms with E-state index in [0.29, 0.717) is 55.8 Å². The first-order valence-corrected chi connectivity index (χ1v) is 8.97. The van der Waals surface area contributed by atoms with Crippen LogP contribution in [0.15, 0.2) is 5.83 Å². The lowest BCUT2D eigenvalue weighted by atomic mass is 9.96. The topological polar surface area (TPSA) is 92.2 Å². The Morgan fingerprint density at radius 3 is 2.56 bits per heavy atom. The van der Waals surface area contributed by atoms with Gasteiger partial charge in [-0.3, -0.25) is 0 Å².